The van der Waals surface area contributed by atoms with Gasteiger partial charge in [-0.2, -0.15) is 0 Å². The van der Waals surface area contributed by atoms with Crippen LogP contribution in [0.15, 0.2) is 30.3 Å². The first-order valence-electron chi connectivity index (χ1n) is 11.8. The van der Waals surface area contributed by atoms with Crippen molar-refractivity contribution in [2.45, 2.75) is 25.4 Å². The summed E-state index contributed by atoms with van der Waals surface area (Å²) in [7, 11) is 0. The lowest BCUT2D eigenvalue weighted by molar-refractivity contribution is -0.119. The Balaban J connectivity index is 1.28. The minimum atomic E-state index is -0.492. The van der Waals surface area contributed by atoms with Gasteiger partial charge in [-0.15, -0.1) is 11.3 Å². The number of nitrogens with one attached hydrogen (secondary N) is 2. The summed E-state index contributed by atoms with van der Waals surface area (Å²) in [5.41, 5.74) is 2.26. The number of halogens is 1. The van der Waals surface area contributed by atoms with Crippen molar-refractivity contribution in [3.8, 4) is 0 Å². The van der Waals surface area contributed by atoms with E-state index in [9.17, 15) is 14.4 Å². The lowest BCUT2D eigenvalue weighted by atomic mass is 10.1. The van der Waals surface area contributed by atoms with Gasteiger partial charge in [0.2, 0.25) is 5.91 Å². The summed E-state index contributed by atoms with van der Waals surface area (Å²) in [5, 5.41) is 5.87. The Morgan fingerprint density at radius 3 is 2.71 bits per heavy atom. The van der Waals surface area contributed by atoms with Crippen LogP contribution in [0, 0.1) is 5.92 Å². The summed E-state index contributed by atoms with van der Waals surface area (Å²) < 4.78 is 11.4. The minimum Gasteiger partial charge on any atom is -0.442 e. The first-order valence-corrected chi connectivity index (χ1v) is 13.0. The zero-order valence-electron chi connectivity index (χ0n) is 19.1. The van der Waals surface area contributed by atoms with Gasteiger partial charge in [-0.1, -0.05) is 11.6 Å². The Morgan fingerprint density at radius 2 is 2.00 bits per heavy atom. The molecule has 0 spiro atoms. The molecule has 0 bridgehead atoms. The minimum absolute atomic E-state index is 0.0710. The number of benzene rings is 1. The van der Waals surface area contributed by atoms with Crippen molar-refractivity contribution < 1.29 is 23.9 Å². The largest absolute Gasteiger partial charge is 0.442 e. The molecule has 3 aliphatic heterocycles. The fraction of sp³-hybridized carbons (Fsp3) is 0.458. The lowest BCUT2D eigenvalue weighted by Crippen LogP contribution is -2.34. The number of thiophene rings is 1. The molecular weight excluding hydrogens is 492 g/mol. The number of hydrogen-bond acceptors (Lipinski definition) is 7. The van der Waals surface area contributed by atoms with Gasteiger partial charge in [-0.25, -0.2) is 4.79 Å². The molecule has 0 aliphatic carbocycles. The lowest BCUT2D eigenvalue weighted by Gasteiger charge is -2.24. The van der Waals surface area contributed by atoms with Crippen molar-refractivity contribution in [3.63, 3.8) is 0 Å². The molecule has 0 saturated carbocycles. The summed E-state index contributed by atoms with van der Waals surface area (Å²) in [6.07, 6.45) is 1.94. The van der Waals surface area contributed by atoms with Gasteiger partial charge in [0.15, 0.2) is 0 Å². The Bertz CT molecular complexity index is 1110. The average Bonchev–Trinajstić information content (AvgIpc) is 3.65. The van der Waals surface area contributed by atoms with Crippen LogP contribution in [-0.2, 0) is 14.3 Å². The Hall–Kier alpha value is -2.82. The number of rotatable bonds is 7. The standard InChI is InChI=1S/C24H27ClN4O5S/c25-21-6-5-20(35-21)23(31)26-12-17-13-29(24(32)34-17)16-3-4-19(28-8-1-2-9-28)18(11-16)27-22(30)15-7-10-33-14-15/h3-6,11,15,17H,1-2,7-10,12-14H2,(H,26,31)(H,27,30). The van der Waals surface area contributed by atoms with E-state index < -0.39 is 12.2 Å². The normalized spacial score (nSPS) is 21.9. The first-order chi connectivity index (χ1) is 17.0. The van der Waals surface area contributed by atoms with E-state index in [1.807, 2.05) is 18.2 Å². The topological polar surface area (TPSA) is 100 Å². The van der Waals surface area contributed by atoms with Crippen LogP contribution in [0.5, 0.6) is 0 Å². The molecule has 186 valence electrons. The van der Waals surface area contributed by atoms with Crippen LogP contribution in [-0.4, -0.2) is 63.4 Å². The van der Waals surface area contributed by atoms with Crippen LogP contribution < -0.4 is 20.4 Å². The molecule has 3 saturated heterocycles. The SMILES string of the molecule is O=C(NCC1CN(c2ccc(N3CCCC3)c(NC(=O)C3CCOC3)c2)C(=O)O1)c1ccc(Cl)s1. The van der Waals surface area contributed by atoms with Crippen LogP contribution in [0.25, 0.3) is 0 Å². The molecule has 35 heavy (non-hydrogen) atoms. The molecule has 3 fully saturated rings. The highest BCUT2D eigenvalue weighted by Crippen LogP contribution is 2.35. The summed E-state index contributed by atoms with van der Waals surface area (Å²) in [6.45, 7) is 3.35. The van der Waals surface area contributed by atoms with Crippen molar-refractivity contribution in [2.24, 2.45) is 5.92 Å². The highest BCUT2D eigenvalue weighted by molar-refractivity contribution is 7.18. The van der Waals surface area contributed by atoms with Crippen LogP contribution in [0.4, 0.5) is 21.9 Å². The molecule has 1 aromatic carbocycles. The summed E-state index contributed by atoms with van der Waals surface area (Å²) in [5.74, 6) is -0.501. The van der Waals surface area contributed by atoms with E-state index in [0.29, 0.717) is 40.2 Å². The van der Waals surface area contributed by atoms with E-state index in [1.54, 1.807) is 12.1 Å². The van der Waals surface area contributed by atoms with Gasteiger partial charge in [-0.3, -0.25) is 14.5 Å². The molecule has 2 atom stereocenters. The molecule has 3 aliphatic rings. The fourth-order valence-corrected chi connectivity index (χ4v) is 5.53. The molecule has 2 unspecified atom stereocenters. The Labute approximate surface area is 212 Å². The zero-order valence-corrected chi connectivity index (χ0v) is 20.7. The maximum absolute atomic E-state index is 12.8. The van der Waals surface area contributed by atoms with Gasteiger partial charge in [0.25, 0.3) is 5.91 Å². The van der Waals surface area contributed by atoms with Crippen LogP contribution >= 0.6 is 22.9 Å². The van der Waals surface area contributed by atoms with Crippen molar-refractivity contribution in [1.82, 2.24) is 5.32 Å². The molecule has 1 aromatic heterocycles. The van der Waals surface area contributed by atoms with Crippen molar-refractivity contribution >= 4 is 57.9 Å². The fourth-order valence-electron chi connectivity index (χ4n) is 4.57. The molecule has 9 nitrogen and oxygen atoms in total. The van der Waals surface area contributed by atoms with Crippen LogP contribution in [0.3, 0.4) is 0 Å². The van der Waals surface area contributed by atoms with Crippen molar-refractivity contribution in [2.75, 3.05) is 54.5 Å². The number of nitrogens with zero attached hydrogens (tertiary/aromatic N) is 2. The monoisotopic (exact) mass is 518 g/mol. The van der Waals surface area contributed by atoms with Crippen LogP contribution in [0.1, 0.15) is 28.9 Å². The number of carbonyl (C=O) groups excluding carboxylic acids is 3. The Kier molecular flexibility index (Phi) is 7.12. The maximum Gasteiger partial charge on any atom is 0.414 e. The Morgan fingerprint density at radius 1 is 1.17 bits per heavy atom. The molecule has 3 amide bonds. The second-order valence-electron chi connectivity index (χ2n) is 8.88. The number of ether oxygens (including phenoxy) is 2. The number of amides is 3. The van der Waals surface area contributed by atoms with Gasteiger partial charge in [0, 0.05) is 25.4 Å². The van der Waals surface area contributed by atoms with Gasteiger partial charge in [-0.05, 0) is 49.6 Å². The third-order valence-electron chi connectivity index (χ3n) is 6.46. The molecule has 4 heterocycles. The third-order valence-corrected chi connectivity index (χ3v) is 7.69. The predicted molar refractivity (Wildman–Crippen MR) is 135 cm³/mol. The average molecular weight is 519 g/mol. The van der Waals surface area contributed by atoms with E-state index in [-0.39, 0.29) is 30.8 Å². The summed E-state index contributed by atoms with van der Waals surface area (Å²) in [4.78, 5) is 42.1. The molecule has 11 heteroatoms. The number of anilines is 3. The van der Waals surface area contributed by atoms with E-state index >= 15 is 0 Å². The summed E-state index contributed by atoms with van der Waals surface area (Å²) in [6, 6.07) is 8.98. The van der Waals surface area contributed by atoms with Gasteiger partial charge < -0.3 is 25.0 Å². The highest BCUT2D eigenvalue weighted by Gasteiger charge is 2.34. The number of carbonyl (C=O) groups is 3. The van der Waals surface area contributed by atoms with Gasteiger partial charge in [0.1, 0.15) is 6.10 Å². The second kappa shape index (κ2) is 10.4. The molecular formula is C24H27ClN4O5S. The van der Waals surface area contributed by atoms with E-state index in [0.717, 1.165) is 31.6 Å². The smallest absolute Gasteiger partial charge is 0.414 e. The first kappa shape index (κ1) is 23.9. The van der Waals surface area contributed by atoms with Crippen molar-refractivity contribution in [3.05, 3.63) is 39.5 Å². The molecule has 5 rings (SSSR count). The number of cyclic esters (lactones) is 1. The van der Waals surface area contributed by atoms with Crippen molar-refractivity contribution in [1.29, 1.82) is 0 Å². The molecule has 0 radical (unpaired) electrons. The predicted octanol–water partition coefficient (Wildman–Crippen LogP) is 3.73. The zero-order chi connectivity index (χ0) is 24.4. The molecule has 2 N–H and O–H groups in total. The maximum atomic E-state index is 12.8. The van der Waals surface area contributed by atoms with Gasteiger partial charge in [0.05, 0.1) is 46.2 Å². The van der Waals surface area contributed by atoms with E-state index in [2.05, 4.69) is 15.5 Å². The molecule has 2 aromatic rings. The van der Waals surface area contributed by atoms with Gasteiger partial charge >= 0.3 is 6.09 Å². The number of hydrogen-bond donors (Lipinski definition) is 2. The third kappa shape index (κ3) is 5.39. The second-order valence-corrected chi connectivity index (χ2v) is 10.6. The summed E-state index contributed by atoms with van der Waals surface area (Å²) >= 11 is 7.09. The van der Waals surface area contributed by atoms with E-state index in [4.69, 9.17) is 21.1 Å². The quantitative estimate of drug-likeness (QED) is 0.579. The van der Waals surface area contributed by atoms with E-state index in [1.165, 1.54) is 16.2 Å². The highest BCUT2D eigenvalue weighted by atomic mass is 35.5. The van der Waals surface area contributed by atoms with Crippen LogP contribution in [0.2, 0.25) is 4.34 Å².